The van der Waals surface area contributed by atoms with E-state index in [1.54, 1.807) is 24.3 Å². The van der Waals surface area contributed by atoms with E-state index in [0.717, 1.165) is 16.3 Å². The van der Waals surface area contributed by atoms with Crippen LogP contribution in [0.1, 0.15) is 5.56 Å². The highest BCUT2D eigenvalue weighted by atomic mass is 19.1. The van der Waals surface area contributed by atoms with E-state index in [1.165, 1.54) is 12.1 Å². The molecule has 0 aliphatic heterocycles. The fourth-order valence-corrected chi connectivity index (χ4v) is 2.70. The lowest BCUT2D eigenvalue weighted by molar-refractivity contribution is 0.306. The van der Waals surface area contributed by atoms with E-state index < -0.39 is 0 Å². The van der Waals surface area contributed by atoms with Crippen LogP contribution in [-0.2, 0) is 6.61 Å². The molecule has 1 heterocycles. The van der Waals surface area contributed by atoms with Crippen molar-refractivity contribution in [3.05, 3.63) is 88.5 Å². The molecule has 1 aromatic heterocycles. The predicted molar refractivity (Wildman–Crippen MR) is 90.7 cm³/mol. The standard InChI is InChI=1S/C20H13FO3/c21-14-7-5-13(6-8-14)12-23-15-9-10-17-16-3-1-2-4-18(16)20(22)24-19(17)11-15/h1-11H,12H2. The van der Waals surface area contributed by atoms with Crippen molar-refractivity contribution in [2.45, 2.75) is 6.61 Å². The minimum absolute atomic E-state index is 0.280. The molecule has 0 unspecified atom stereocenters. The first-order chi connectivity index (χ1) is 11.7. The first kappa shape index (κ1) is 14.5. The number of rotatable bonds is 3. The fourth-order valence-electron chi connectivity index (χ4n) is 2.70. The van der Waals surface area contributed by atoms with Crippen LogP contribution in [0, 0.1) is 5.82 Å². The molecule has 0 aliphatic rings. The SMILES string of the molecule is O=c1oc2cc(OCc3ccc(F)cc3)ccc2c2ccccc12. The molecule has 0 bridgehead atoms. The van der Waals surface area contributed by atoms with Gasteiger partial charge in [0.15, 0.2) is 0 Å². The van der Waals surface area contributed by atoms with Crippen molar-refractivity contribution in [2.75, 3.05) is 0 Å². The molecule has 0 fully saturated rings. The zero-order valence-electron chi connectivity index (χ0n) is 12.7. The van der Waals surface area contributed by atoms with Crippen LogP contribution in [0.15, 0.2) is 75.9 Å². The third kappa shape index (κ3) is 2.63. The van der Waals surface area contributed by atoms with Gasteiger partial charge >= 0.3 is 5.63 Å². The first-order valence-corrected chi connectivity index (χ1v) is 7.53. The van der Waals surface area contributed by atoms with Gasteiger partial charge in [-0.3, -0.25) is 0 Å². The van der Waals surface area contributed by atoms with Crippen molar-refractivity contribution in [2.24, 2.45) is 0 Å². The van der Waals surface area contributed by atoms with Crippen molar-refractivity contribution >= 4 is 21.7 Å². The molecule has 4 aromatic rings. The molecule has 4 rings (SSSR count). The molecule has 0 amide bonds. The van der Waals surface area contributed by atoms with E-state index >= 15 is 0 Å². The highest BCUT2D eigenvalue weighted by Crippen LogP contribution is 2.26. The number of hydrogen-bond acceptors (Lipinski definition) is 3. The van der Waals surface area contributed by atoms with E-state index in [2.05, 4.69) is 0 Å². The summed E-state index contributed by atoms with van der Waals surface area (Å²) in [4.78, 5) is 12.1. The fraction of sp³-hybridized carbons (Fsp3) is 0.0500. The number of ether oxygens (including phenoxy) is 1. The van der Waals surface area contributed by atoms with Crippen LogP contribution >= 0.6 is 0 Å². The van der Waals surface area contributed by atoms with E-state index in [9.17, 15) is 9.18 Å². The van der Waals surface area contributed by atoms with Crippen LogP contribution in [-0.4, -0.2) is 0 Å². The Morgan fingerprint density at radius 1 is 0.875 bits per heavy atom. The Bertz CT molecular complexity index is 1080. The van der Waals surface area contributed by atoms with Gasteiger partial charge in [0.05, 0.1) is 5.39 Å². The van der Waals surface area contributed by atoms with Crippen LogP contribution in [0.2, 0.25) is 0 Å². The second kappa shape index (κ2) is 5.81. The molecule has 0 atom stereocenters. The summed E-state index contributed by atoms with van der Waals surface area (Å²) < 4.78 is 24.0. The second-order valence-corrected chi connectivity index (χ2v) is 5.51. The Morgan fingerprint density at radius 2 is 1.62 bits per heavy atom. The lowest BCUT2D eigenvalue weighted by atomic mass is 10.1. The molecule has 4 heteroatoms. The summed E-state index contributed by atoms with van der Waals surface area (Å²) in [6.45, 7) is 0.309. The number of halogens is 1. The first-order valence-electron chi connectivity index (χ1n) is 7.53. The topological polar surface area (TPSA) is 39.4 Å². The Morgan fingerprint density at radius 3 is 2.42 bits per heavy atom. The summed E-state index contributed by atoms with van der Waals surface area (Å²) in [5, 5.41) is 2.28. The van der Waals surface area contributed by atoms with Crippen LogP contribution in [0.25, 0.3) is 21.7 Å². The summed E-state index contributed by atoms with van der Waals surface area (Å²) in [6, 6.07) is 18.9. The highest BCUT2D eigenvalue weighted by molar-refractivity contribution is 6.04. The molecular formula is C20H13FO3. The molecule has 0 aliphatic carbocycles. The van der Waals surface area contributed by atoms with Crippen molar-refractivity contribution in [1.29, 1.82) is 0 Å². The Hall–Kier alpha value is -3.14. The van der Waals surface area contributed by atoms with Gasteiger partial charge in [-0.15, -0.1) is 0 Å². The molecule has 0 N–H and O–H groups in total. The Balaban J connectivity index is 1.69. The maximum Gasteiger partial charge on any atom is 0.344 e. The molecule has 0 saturated carbocycles. The highest BCUT2D eigenvalue weighted by Gasteiger charge is 2.08. The van der Waals surface area contributed by atoms with E-state index in [4.69, 9.17) is 9.15 Å². The number of hydrogen-bond donors (Lipinski definition) is 0. The van der Waals surface area contributed by atoms with E-state index in [1.807, 2.05) is 30.3 Å². The normalized spacial score (nSPS) is 11.0. The molecule has 24 heavy (non-hydrogen) atoms. The smallest absolute Gasteiger partial charge is 0.344 e. The summed E-state index contributed by atoms with van der Waals surface area (Å²) in [5.74, 6) is 0.309. The van der Waals surface area contributed by atoms with Gasteiger partial charge in [0.25, 0.3) is 0 Å². The van der Waals surface area contributed by atoms with Gasteiger partial charge in [-0.25, -0.2) is 9.18 Å². The van der Waals surface area contributed by atoms with E-state index in [-0.39, 0.29) is 11.4 Å². The van der Waals surface area contributed by atoms with Gasteiger partial charge in [0, 0.05) is 11.5 Å². The monoisotopic (exact) mass is 320 g/mol. The second-order valence-electron chi connectivity index (χ2n) is 5.51. The van der Waals surface area contributed by atoms with E-state index in [0.29, 0.717) is 23.3 Å². The summed E-state index contributed by atoms with van der Waals surface area (Å²) in [7, 11) is 0. The van der Waals surface area contributed by atoms with Crippen molar-refractivity contribution in [3.63, 3.8) is 0 Å². The Kier molecular flexibility index (Phi) is 3.50. The molecule has 3 aromatic carbocycles. The summed E-state index contributed by atoms with van der Waals surface area (Å²) in [5.41, 5.74) is 0.973. The van der Waals surface area contributed by atoms with Crippen molar-refractivity contribution in [1.82, 2.24) is 0 Å². The predicted octanol–water partition coefficient (Wildman–Crippen LogP) is 4.66. The third-order valence-electron chi connectivity index (χ3n) is 3.91. The van der Waals surface area contributed by atoms with Crippen LogP contribution in [0.3, 0.4) is 0 Å². The average molecular weight is 320 g/mol. The summed E-state index contributed by atoms with van der Waals surface area (Å²) >= 11 is 0. The lowest BCUT2D eigenvalue weighted by Gasteiger charge is -2.08. The zero-order chi connectivity index (χ0) is 16.5. The van der Waals surface area contributed by atoms with Gasteiger partial charge < -0.3 is 9.15 Å². The van der Waals surface area contributed by atoms with Gasteiger partial charge in [0.2, 0.25) is 0 Å². The minimum atomic E-state index is -0.367. The molecular weight excluding hydrogens is 307 g/mol. The largest absolute Gasteiger partial charge is 0.489 e. The zero-order valence-corrected chi connectivity index (χ0v) is 12.7. The molecule has 0 saturated heterocycles. The molecule has 0 spiro atoms. The van der Waals surface area contributed by atoms with Crippen LogP contribution in [0.5, 0.6) is 5.75 Å². The average Bonchev–Trinajstić information content (AvgIpc) is 2.61. The van der Waals surface area contributed by atoms with Crippen molar-refractivity contribution < 1.29 is 13.5 Å². The van der Waals surface area contributed by atoms with Crippen LogP contribution < -0.4 is 10.4 Å². The van der Waals surface area contributed by atoms with Gasteiger partial charge in [-0.1, -0.05) is 30.3 Å². The minimum Gasteiger partial charge on any atom is -0.489 e. The number of benzene rings is 3. The van der Waals surface area contributed by atoms with Crippen molar-refractivity contribution in [3.8, 4) is 5.75 Å². The molecule has 118 valence electrons. The Labute approximate surface area is 136 Å². The quantitative estimate of drug-likeness (QED) is 0.407. The lowest BCUT2D eigenvalue weighted by Crippen LogP contribution is -2.00. The maximum atomic E-state index is 12.9. The van der Waals surface area contributed by atoms with Gasteiger partial charge in [-0.05, 0) is 41.3 Å². The van der Waals surface area contributed by atoms with Gasteiger partial charge in [0.1, 0.15) is 23.8 Å². The van der Waals surface area contributed by atoms with Gasteiger partial charge in [-0.2, -0.15) is 0 Å². The number of fused-ring (bicyclic) bond motifs is 3. The molecule has 0 radical (unpaired) electrons. The third-order valence-corrected chi connectivity index (χ3v) is 3.91. The maximum absolute atomic E-state index is 12.9. The molecule has 3 nitrogen and oxygen atoms in total. The summed E-state index contributed by atoms with van der Waals surface area (Å²) in [6.07, 6.45) is 0. The van der Waals surface area contributed by atoms with Crippen LogP contribution in [0.4, 0.5) is 4.39 Å².